The topological polar surface area (TPSA) is 35.8 Å². The summed E-state index contributed by atoms with van der Waals surface area (Å²) >= 11 is 0. The predicted octanol–water partition coefficient (Wildman–Crippen LogP) is 3.99. The zero-order valence-corrected chi connectivity index (χ0v) is 12.0. The van der Waals surface area contributed by atoms with Crippen LogP contribution in [0.5, 0.6) is 0 Å². The zero-order valence-electron chi connectivity index (χ0n) is 12.0. The summed E-state index contributed by atoms with van der Waals surface area (Å²) in [6.45, 7) is 4.33. The Kier molecular flexibility index (Phi) is 4.61. The fraction of sp³-hybridized carbons (Fsp3) is 0.588. The molecular formula is C17H24N2. The van der Waals surface area contributed by atoms with E-state index in [1.54, 1.807) is 0 Å². The Balaban J connectivity index is 1.99. The van der Waals surface area contributed by atoms with E-state index in [0.29, 0.717) is 12.0 Å². The average Bonchev–Trinajstić information content (AvgIpc) is 2.48. The molecule has 0 amide bonds. The van der Waals surface area contributed by atoms with Gasteiger partial charge in [0.25, 0.3) is 0 Å². The van der Waals surface area contributed by atoms with Crippen LogP contribution in [0.3, 0.4) is 0 Å². The second-order valence-electron chi connectivity index (χ2n) is 5.83. The fourth-order valence-corrected chi connectivity index (χ4v) is 3.03. The molecule has 1 aromatic rings. The van der Waals surface area contributed by atoms with Crippen LogP contribution >= 0.6 is 0 Å². The highest BCUT2D eigenvalue weighted by Crippen LogP contribution is 2.37. The number of nitrogens with zero attached hydrogens (tertiary/aromatic N) is 1. The van der Waals surface area contributed by atoms with E-state index in [4.69, 9.17) is 0 Å². The maximum atomic E-state index is 9.53. The third-order valence-corrected chi connectivity index (χ3v) is 4.46. The fourth-order valence-electron chi connectivity index (χ4n) is 3.03. The van der Waals surface area contributed by atoms with E-state index >= 15 is 0 Å². The van der Waals surface area contributed by atoms with Crippen LogP contribution < -0.4 is 5.32 Å². The lowest BCUT2D eigenvalue weighted by Crippen LogP contribution is -2.50. The molecule has 0 spiro atoms. The molecule has 1 saturated carbocycles. The van der Waals surface area contributed by atoms with Gasteiger partial charge in [0, 0.05) is 6.04 Å². The van der Waals surface area contributed by atoms with Crippen LogP contribution in [-0.2, 0) is 0 Å². The Morgan fingerprint density at radius 3 is 2.47 bits per heavy atom. The van der Waals surface area contributed by atoms with Crippen LogP contribution in [0, 0.1) is 11.3 Å². The van der Waals surface area contributed by atoms with Gasteiger partial charge in [0.05, 0.1) is 6.07 Å². The molecule has 19 heavy (non-hydrogen) atoms. The van der Waals surface area contributed by atoms with Gasteiger partial charge in [0.1, 0.15) is 5.54 Å². The lowest BCUT2D eigenvalue weighted by Gasteiger charge is -2.37. The Morgan fingerprint density at radius 1 is 1.32 bits per heavy atom. The molecule has 0 heterocycles. The van der Waals surface area contributed by atoms with Crippen molar-refractivity contribution in [1.82, 2.24) is 5.32 Å². The summed E-state index contributed by atoms with van der Waals surface area (Å²) in [5.74, 6) is 0.626. The van der Waals surface area contributed by atoms with Gasteiger partial charge in [-0.2, -0.15) is 5.26 Å². The highest BCUT2D eigenvalue weighted by molar-refractivity contribution is 5.22. The molecule has 2 rings (SSSR count). The summed E-state index contributed by atoms with van der Waals surface area (Å²) < 4.78 is 0. The third-order valence-electron chi connectivity index (χ3n) is 4.46. The minimum absolute atomic E-state index is 0.291. The number of hydrogen-bond donors (Lipinski definition) is 1. The normalized spacial score (nSPS) is 28.6. The largest absolute Gasteiger partial charge is 0.297 e. The minimum Gasteiger partial charge on any atom is -0.297 e. The van der Waals surface area contributed by atoms with Crippen LogP contribution in [0.15, 0.2) is 30.3 Å². The Labute approximate surface area is 116 Å². The first-order chi connectivity index (χ1) is 9.19. The molecule has 1 unspecified atom stereocenters. The van der Waals surface area contributed by atoms with Gasteiger partial charge in [-0.05, 0) is 50.5 Å². The molecule has 1 atom stereocenters. The summed E-state index contributed by atoms with van der Waals surface area (Å²) in [5.41, 5.74) is 1.14. The lowest BCUT2D eigenvalue weighted by atomic mass is 9.74. The van der Waals surface area contributed by atoms with E-state index in [0.717, 1.165) is 32.1 Å². The first-order valence-electron chi connectivity index (χ1n) is 7.43. The van der Waals surface area contributed by atoms with E-state index < -0.39 is 0 Å². The Morgan fingerprint density at radius 2 is 1.95 bits per heavy atom. The molecule has 2 heteroatoms. The molecule has 0 bridgehead atoms. The van der Waals surface area contributed by atoms with Gasteiger partial charge >= 0.3 is 0 Å². The molecule has 0 radical (unpaired) electrons. The van der Waals surface area contributed by atoms with Crippen LogP contribution in [0.1, 0.15) is 57.4 Å². The van der Waals surface area contributed by atoms with E-state index in [1.165, 1.54) is 5.56 Å². The van der Waals surface area contributed by atoms with Gasteiger partial charge in [-0.25, -0.2) is 0 Å². The Bertz CT molecular complexity index is 424. The molecule has 102 valence electrons. The van der Waals surface area contributed by atoms with E-state index in [2.05, 4.69) is 55.6 Å². The zero-order chi connectivity index (χ0) is 13.7. The molecule has 0 saturated heterocycles. The quantitative estimate of drug-likeness (QED) is 0.884. The number of rotatable bonds is 4. The molecule has 1 aromatic carbocycles. The highest BCUT2D eigenvalue weighted by Gasteiger charge is 2.36. The summed E-state index contributed by atoms with van der Waals surface area (Å²) in [7, 11) is 0. The van der Waals surface area contributed by atoms with Gasteiger partial charge in [-0.15, -0.1) is 0 Å². The number of hydrogen-bond acceptors (Lipinski definition) is 2. The van der Waals surface area contributed by atoms with Gasteiger partial charge < -0.3 is 0 Å². The van der Waals surface area contributed by atoms with Crippen LogP contribution in [0.4, 0.5) is 0 Å². The molecule has 2 nitrogen and oxygen atoms in total. The monoisotopic (exact) mass is 256 g/mol. The SMILES string of the molecule is CCC(C)NC1(C#N)CCC(c2ccccc2)CC1. The van der Waals surface area contributed by atoms with Crippen molar-refractivity contribution in [3.05, 3.63) is 35.9 Å². The predicted molar refractivity (Wildman–Crippen MR) is 78.9 cm³/mol. The minimum atomic E-state index is -0.291. The van der Waals surface area contributed by atoms with E-state index in [1.807, 2.05) is 0 Å². The Hall–Kier alpha value is -1.33. The summed E-state index contributed by atoms with van der Waals surface area (Å²) in [5, 5.41) is 13.1. The summed E-state index contributed by atoms with van der Waals surface area (Å²) in [6.07, 6.45) is 5.23. The third kappa shape index (κ3) is 3.36. The van der Waals surface area contributed by atoms with Gasteiger partial charge in [-0.3, -0.25) is 5.32 Å². The lowest BCUT2D eigenvalue weighted by molar-refractivity contribution is 0.253. The van der Waals surface area contributed by atoms with Crippen molar-refractivity contribution in [3.8, 4) is 6.07 Å². The van der Waals surface area contributed by atoms with Crippen molar-refractivity contribution in [3.63, 3.8) is 0 Å². The molecular weight excluding hydrogens is 232 g/mol. The van der Waals surface area contributed by atoms with Crippen LogP contribution in [0.2, 0.25) is 0 Å². The van der Waals surface area contributed by atoms with Crippen molar-refractivity contribution in [1.29, 1.82) is 5.26 Å². The molecule has 1 aliphatic carbocycles. The van der Waals surface area contributed by atoms with Crippen molar-refractivity contribution < 1.29 is 0 Å². The summed E-state index contributed by atoms with van der Waals surface area (Å²) in [6, 6.07) is 13.7. The molecule has 1 aliphatic rings. The summed E-state index contributed by atoms with van der Waals surface area (Å²) in [4.78, 5) is 0. The van der Waals surface area contributed by atoms with Crippen LogP contribution in [0.25, 0.3) is 0 Å². The van der Waals surface area contributed by atoms with Crippen LogP contribution in [-0.4, -0.2) is 11.6 Å². The smallest absolute Gasteiger partial charge is 0.107 e. The highest BCUT2D eigenvalue weighted by atomic mass is 15.0. The van der Waals surface area contributed by atoms with Crippen molar-refractivity contribution in [2.45, 2.75) is 63.5 Å². The van der Waals surface area contributed by atoms with Gasteiger partial charge in [-0.1, -0.05) is 37.3 Å². The number of benzene rings is 1. The first-order valence-corrected chi connectivity index (χ1v) is 7.43. The van der Waals surface area contributed by atoms with Crippen molar-refractivity contribution >= 4 is 0 Å². The number of nitriles is 1. The molecule has 1 N–H and O–H groups in total. The second-order valence-corrected chi connectivity index (χ2v) is 5.83. The molecule has 0 aliphatic heterocycles. The second kappa shape index (κ2) is 6.21. The van der Waals surface area contributed by atoms with Gasteiger partial charge in [0.15, 0.2) is 0 Å². The van der Waals surface area contributed by atoms with Crippen molar-refractivity contribution in [2.24, 2.45) is 0 Å². The standard InChI is InChI=1S/C17H24N2/c1-3-14(2)19-17(13-18)11-9-16(10-12-17)15-7-5-4-6-8-15/h4-8,14,16,19H,3,9-12H2,1-2H3. The average molecular weight is 256 g/mol. The maximum absolute atomic E-state index is 9.53. The number of nitrogens with one attached hydrogen (secondary N) is 1. The van der Waals surface area contributed by atoms with E-state index in [9.17, 15) is 5.26 Å². The van der Waals surface area contributed by atoms with E-state index in [-0.39, 0.29) is 5.54 Å². The maximum Gasteiger partial charge on any atom is 0.107 e. The molecule has 0 aromatic heterocycles. The van der Waals surface area contributed by atoms with Crippen molar-refractivity contribution in [2.75, 3.05) is 0 Å². The van der Waals surface area contributed by atoms with Gasteiger partial charge in [0.2, 0.25) is 0 Å². The first kappa shape index (κ1) is 14.1. The molecule has 1 fully saturated rings.